The van der Waals surface area contributed by atoms with Crippen LogP contribution >= 0.6 is 0 Å². The first-order chi connectivity index (χ1) is 9.36. The minimum atomic E-state index is -3.66. The number of sulfonamides is 1. The summed E-state index contributed by atoms with van der Waals surface area (Å²) >= 11 is 0. The Bertz CT molecular complexity index is 630. The van der Waals surface area contributed by atoms with Gasteiger partial charge in [-0.05, 0) is 24.6 Å². The van der Waals surface area contributed by atoms with E-state index in [1.807, 2.05) is 0 Å². The fourth-order valence-electron chi connectivity index (χ4n) is 2.16. The zero-order valence-corrected chi connectivity index (χ0v) is 11.9. The number of amides is 1. The quantitative estimate of drug-likeness (QED) is 0.778. The zero-order chi connectivity index (χ0) is 14.9. The van der Waals surface area contributed by atoms with E-state index in [4.69, 9.17) is 16.2 Å². The van der Waals surface area contributed by atoms with Crippen LogP contribution in [0.5, 0.6) is 5.75 Å². The molecule has 1 amide bonds. The minimum absolute atomic E-state index is 0.0150. The van der Waals surface area contributed by atoms with Crippen LogP contribution in [0.25, 0.3) is 0 Å². The fraction of sp³-hybridized carbons (Fsp3) is 0.417. The lowest BCUT2D eigenvalue weighted by Gasteiger charge is -2.17. The summed E-state index contributed by atoms with van der Waals surface area (Å²) in [5.41, 5.74) is 11.0. The molecule has 20 heavy (non-hydrogen) atoms. The first-order valence-corrected chi connectivity index (χ1v) is 7.54. The molecule has 1 aromatic rings. The molecular weight excluding hydrogens is 282 g/mol. The van der Waals surface area contributed by atoms with Gasteiger partial charge in [-0.3, -0.25) is 4.79 Å². The van der Waals surface area contributed by atoms with E-state index in [0.29, 0.717) is 13.0 Å². The van der Waals surface area contributed by atoms with Gasteiger partial charge in [-0.1, -0.05) is 0 Å². The SMILES string of the molecule is COc1ccc(S(=O)(=O)N2CCC(N)C2)cc1C(N)=O. The van der Waals surface area contributed by atoms with Crippen LogP contribution in [0.3, 0.4) is 0 Å². The maximum absolute atomic E-state index is 12.4. The van der Waals surface area contributed by atoms with Crippen molar-refractivity contribution < 1.29 is 17.9 Å². The summed E-state index contributed by atoms with van der Waals surface area (Å²) in [5, 5.41) is 0. The number of nitrogens with two attached hydrogens (primary N) is 2. The molecule has 110 valence electrons. The third-order valence-corrected chi connectivity index (χ3v) is 5.12. The van der Waals surface area contributed by atoms with E-state index < -0.39 is 15.9 Å². The number of rotatable bonds is 4. The number of methoxy groups -OCH3 is 1. The van der Waals surface area contributed by atoms with Crippen molar-refractivity contribution in [1.29, 1.82) is 0 Å². The maximum atomic E-state index is 12.4. The van der Waals surface area contributed by atoms with Crippen molar-refractivity contribution in [1.82, 2.24) is 4.31 Å². The van der Waals surface area contributed by atoms with E-state index in [2.05, 4.69) is 0 Å². The average Bonchev–Trinajstić information content (AvgIpc) is 2.85. The lowest BCUT2D eigenvalue weighted by atomic mass is 10.2. The Labute approximate surface area is 117 Å². The number of nitrogens with zero attached hydrogens (tertiary/aromatic N) is 1. The molecule has 0 aliphatic carbocycles. The molecule has 7 nitrogen and oxygen atoms in total. The fourth-order valence-corrected chi connectivity index (χ4v) is 3.70. The van der Waals surface area contributed by atoms with Gasteiger partial charge >= 0.3 is 0 Å². The molecule has 1 aliphatic rings. The van der Waals surface area contributed by atoms with Crippen molar-refractivity contribution in [3.8, 4) is 5.75 Å². The summed E-state index contributed by atoms with van der Waals surface area (Å²) in [6.07, 6.45) is 0.623. The van der Waals surface area contributed by atoms with Gasteiger partial charge in [-0.15, -0.1) is 0 Å². The average molecular weight is 299 g/mol. The van der Waals surface area contributed by atoms with Crippen molar-refractivity contribution in [2.45, 2.75) is 17.4 Å². The van der Waals surface area contributed by atoms with Gasteiger partial charge in [0, 0.05) is 19.1 Å². The van der Waals surface area contributed by atoms with Gasteiger partial charge in [0.1, 0.15) is 5.75 Å². The molecule has 1 fully saturated rings. The Balaban J connectivity index is 2.42. The third-order valence-electron chi connectivity index (χ3n) is 3.26. The Morgan fingerprint density at radius 2 is 2.15 bits per heavy atom. The normalized spacial score (nSPS) is 20.0. The molecule has 0 saturated carbocycles. The summed E-state index contributed by atoms with van der Waals surface area (Å²) in [6, 6.07) is 3.90. The molecule has 1 aromatic carbocycles. The number of ether oxygens (including phenoxy) is 1. The van der Waals surface area contributed by atoms with Crippen LogP contribution in [-0.2, 0) is 10.0 Å². The number of carbonyl (C=O) groups excluding carboxylic acids is 1. The van der Waals surface area contributed by atoms with Crippen molar-refractivity contribution in [3.63, 3.8) is 0 Å². The van der Waals surface area contributed by atoms with Crippen LogP contribution in [0.15, 0.2) is 23.1 Å². The van der Waals surface area contributed by atoms with Gasteiger partial charge in [0.05, 0.1) is 17.6 Å². The molecule has 1 unspecified atom stereocenters. The Morgan fingerprint density at radius 3 is 2.65 bits per heavy atom. The molecule has 0 spiro atoms. The molecule has 1 aliphatic heterocycles. The minimum Gasteiger partial charge on any atom is -0.496 e. The van der Waals surface area contributed by atoms with Gasteiger partial charge in [0.2, 0.25) is 10.0 Å². The smallest absolute Gasteiger partial charge is 0.252 e. The van der Waals surface area contributed by atoms with Crippen LogP contribution < -0.4 is 16.2 Å². The molecular formula is C12H17N3O4S. The van der Waals surface area contributed by atoms with Crippen LogP contribution in [-0.4, -0.2) is 44.9 Å². The second kappa shape index (κ2) is 5.39. The Kier molecular flexibility index (Phi) is 3.98. The highest BCUT2D eigenvalue weighted by Gasteiger charge is 2.31. The number of primary amides is 1. The zero-order valence-electron chi connectivity index (χ0n) is 11.1. The van der Waals surface area contributed by atoms with Gasteiger partial charge in [-0.25, -0.2) is 8.42 Å². The van der Waals surface area contributed by atoms with Crippen LogP contribution in [0, 0.1) is 0 Å². The molecule has 8 heteroatoms. The van der Waals surface area contributed by atoms with E-state index in [0.717, 1.165) is 0 Å². The van der Waals surface area contributed by atoms with Gasteiger partial charge in [0.15, 0.2) is 0 Å². The van der Waals surface area contributed by atoms with Crippen molar-refractivity contribution in [3.05, 3.63) is 23.8 Å². The second-order valence-corrected chi connectivity index (χ2v) is 6.58. The highest BCUT2D eigenvalue weighted by Crippen LogP contribution is 2.26. The van der Waals surface area contributed by atoms with Crippen LogP contribution in [0.4, 0.5) is 0 Å². The van der Waals surface area contributed by atoms with E-state index in [9.17, 15) is 13.2 Å². The summed E-state index contributed by atoms with van der Waals surface area (Å²) in [6.45, 7) is 0.654. The highest BCUT2D eigenvalue weighted by atomic mass is 32.2. The Hall–Kier alpha value is -1.64. The van der Waals surface area contributed by atoms with E-state index in [-0.39, 0.29) is 28.8 Å². The molecule has 1 heterocycles. The van der Waals surface area contributed by atoms with Gasteiger partial charge < -0.3 is 16.2 Å². The molecule has 0 radical (unpaired) electrons. The summed E-state index contributed by atoms with van der Waals surface area (Å²) in [7, 11) is -2.28. The van der Waals surface area contributed by atoms with Crippen LogP contribution in [0.1, 0.15) is 16.8 Å². The molecule has 1 saturated heterocycles. The summed E-state index contributed by atoms with van der Waals surface area (Å²) < 4.78 is 31.2. The monoisotopic (exact) mass is 299 g/mol. The molecule has 0 bridgehead atoms. The van der Waals surface area contributed by atoms with E-state index >= 15 is 0 Å². The first-order valence-electron chi connectivity index (χ1n) is 6.10. The predicted octanol–water partition coefficient (Wildman–Crippen LogP) is -0.484. The molecule has 1 atom stereocenters. The van der Waals surface area contributed by atoms with Crippen LogP contribution in [0.2, 0.25) is 0 Å². The number of hydrogen-bond donors (Lipinski definition) is 2. The summed E-state index contributed by atoms with van der Waals surface area (Å²) in [5.74, 6) is -0.494. The van der Waals surface area contributed by atoms with Crippen molar-refractivity contribution in [2.24, 2.45) is 11.5 Å². The number of carbonyl (C=O) groups is 1. The van der Waals surface area contributed by atoms with Crippen molar-refractivity contribution in [2.75, 3.05) is 20.2 Å². The third kappa shape index (κ3) is 2.62. The van der Waals surface area contributed by atoms with E-state index in [1.165, 1.54) is 29.6 Å². The lowest BCUT2D eigenvalue weighted by Crippen LogP contribution is -2.32. The number of benzene rings is 1. The first kappa shape index (κ1) is 14.8. The lowest BCUT2D eigenvalue weighted by molar-refractivity contribution is 0.0997. The predicted molar refractivity (Wildman–Crippen MR) is 72.9 cm³/mol. The number of hydrogen-bond acceptors (Lipinski definition) is 5. The second-order valence-electron chi connectivity index (χ2n) is 4.64. The Morgan fingerprint density at radius 1 is 1.45 bits per heavy atom. The van der Waals surface area contributed by atoms with E-state index in [1.54, 1.807) is 0 Å². The highest BCUT2D eigenvalue weighted by molar-refractivity contribution is 7.89. The van der Waals surface area contributed by atoms with Crippen molar-refractivity contribution >= 4 is 15.9 Å². The molecule has 4 N–H and O–H groups in total. The molecule has 0 aromatic heterocycles. The topological polar surface area (TPSA) is 116 Å². The maximum Gasteiger partial charge on any atom is 0.252 e. The van der Waals surface area contributed by atoms with Gasteiger partial charge in [0.25, 0.3) is 5.91 Å². The largest absolute Gasteiger partial charge is 0.496 e. The standard InChI is InChI=1S/C12H17N3O4S/c1-19-11-3-2-9(6-10(11)12(14)16)20(17,18)15-5-4-8(13)7-15/h2-3,6,8H,4-5,7,13H2,1H3,(H2,14,16). The summed E-state index contributed by atoms with van der Waals surface area (Å²) in [4.78, 5) is 11.4. The molecule has 2 rings (SSSR count). The van der Waals surface area contributed by atoms with Gasteiger partial charge in [-0.2, -0.15) is 4.31 Å².